The molecule has 0 fully saturated rings. The van der Waals surface area contributed by atoms with E-state index >= 15 is 0 Å². The van der Waals surface area contributed by atoms with Gasteiger partial charge in [-0.25, -0.2) is 16.8 Å². The molecule has 16 heteroatoms. The van der Waals surface area contributed by atoms with Crippen LogP contribution in [0.1, 0.15) is 84.2 Å². The van der Waals surface area contributed by atoms with Gasteiger partial charge in [0.2, 0.25) is 0 Å². The Morgan fingerprint density at radius 3 is 1.44 bits per heavy atom. The number of guanidine groups is 1. The van der Waals surface area contributed by atoms with Gasteiger partial charge >= 0.3 is 0 Å². The van der Waals surface area contributed by atoms with Crippen molar-refractivity contribution in [3.8, 4) is 0 Å². The monoisotopic (exact) mass is 723 g/mol. The molecule has 2 aromatic rings. The minimum Gasteiger partial charge on any atom is -0.370 e. The Morgan fingerprint density at radius 2 is 1.11 bits per heavy atom. The van der Waals surface area contributed by atoms with Crippen molar-refractivity contribution in [3.05, 3.63) is 46.5 Å². The van der Waals surface area contributed by atoms with Crippen molar-refractivity contribution in [1.82, 2.24) is 0 Å². The summed E-state index contributed by atoms with van der Waals surface area (Å²) in [5.74, 6) is -0.366. The zero-order chi connectivity index (χ0) is 34.7. The van der Waals surface area contributed by atoms with Gasteiger partial charge in [-0.1, -0.05) is 39.5 Å². The van der Waals surface area contributed by atoms with Gasteiger partial charge in [-0.2, -0.15) is 4.99 Å². The molecule has 2 unspecified atom stereocenters. The minimum absolute atomic E-state index is 0.0677. The van der Waals surface area contributed by atoms with Gasteiger partial charge in [0, 0.05) is 35.1 Å². The van der Waals surface area contributed by atoms with E-state index in [1.54, 1.807) is 13.8 Å². The van der Waals surface area contributed by atoms with Crippen molar-refractivity contribution in [2.75, 3.05) is 24.0 Å². The maximum Gasteiger partial charge on any atom is 0.280 e. The number of rotatable bonds is 14. The average Bonchev–Trinajstić information content (AvgIpc) is 2.91. The Bertz CT molecular complexity index is 1700. The van der Waals surface area contributed by atoms with Crippen LogP contribution >= 0.6 is 11.6 Å². The summed E-state index contributed by atoms with van der Waals surface area (Å²) in [5.41, 5.74) is 11.6. The van der Waals surface area contributed by atoms with E-state index in [0.717, 1.165) is 51.0 Å². The van der Waals surface area contributed by atoms with E-state index in [0.29, 0.717) is 22.6 Å². The summed E-state index contributed by atoms with van der Waals surface area (Å²) in [5, 5.41) is -0.722. The molecule has 0 radical (unpaired) electrons. The fraction of sp³-hybridized carbons (Fsp3) is 0.483. The molecule has 2 rings (SSSR count). The number of hydrogen-bond acceptors (Lipinski definition) is 8. The predicted molar refractivity (Wildman–Crippen MR) is 181 cm³/mol. The lowest BCUT2D eigenvalue weighted by Gasteiger charge is -2.12. The van der Waals surface area contributed by atoms with Crippen LogP contribution in [0.2, 0.25) is 0 Å². The molecule has 0 aliphatic carbocycles. The molecule has 1 amide bonds. The number of aliphatic imine (C=N–C) groups is 1. The molecule has 252 valence electrons. The van der Waals surface area contributed by atoms with Crippen LogP contribution in [0.3, 0.4) is 0 Å². The van der Waals surface area contributed by atoms with Crippen LogP contribution in [0.5, 0.6) is 0 Å². The molecular formula is C29H42ClN3O8S4. The van der Waals surface area contributed by atoms with Crippen LogP contribution in [0.4, 0.5) is 0 Å². The molecule has 11 nitrogen and oxygen atoms in total. The number of hydrogen-bond donors (Lipinski definition) is 2. The molecule has 0 bridgehead atoms. The summed E-state index contributed by atoms with van der Waals surface area (Å²) in [6.07, 6.45) is 7.38. The van der Waals surface area contributed by atoms with E-state index < -0.39 is 58.4 Å². The number of carbonyl (C=O) groups excluding carboxylic acids is 2. The average molecular weight is 724 g/mol. The highest BCUT2D eigenvalue weighted by molar-refractivity contribution is 7.92. The highest BCUT2D eigenvalue weighted by Crippen LogP contribution is 2.27. The Labute approximate surface area is 276 Å². The lowest BCUT2D eigenvalue weighted by Crippen LogP contribution is -2.24. The molecule has 2 atom stereocenters. The third-order valence-corrected chi connectivity index (χ3v) is 12.1. The topological polar surface area (TPSA) is 201 Å². The molecule has 0 spiro atoms. The Morgan fingerprint density at radius 1 is 0.733 bits per heavy atom. The number of aryl methyl sites for hydroxylation is 2. The minimum atomic E-state index is -3.67. The molecule has 45 heavy (non-hydrogen) atoms. The first-order valence-electron chi connectivity index (χ1n) is 14.1. The number of nitrogens with zero attached hydrogens (tertiary/aromatic N) is 1. The van der Waals surface area contributed by atoms with Gasteiger partial charge in [-0.15, -0.1) is 0 Å². The zero-order valence-corrected chi connectivity index (χ0v) is 30.4. The van der Waals surface area contributed by atoms with Crippen molar-refractivity contribution in [2.24, 2.45) is 16.5 Å². The summed E-state index contributed by atoms with van der Waals surface area (Å²) < 4.78 is 72.7. The molecule has 0 aliphatic heterocycles. The molecule has 0 aliphatic rings. The van der Waals surface area contributed by atoms with Crippen molar-refractivity contribution in [2.45, 2.75) is 85.8 Å². The van der Waals surface area contributed by atoms with Gasteiger partial charge in [0.25, 0.3) is 11.1 Å². The van der Waals surface area contributed by atoms with E-state index in [2.05, 4.69) is 4.99 Å². The van der Waals surface area contributed by atoms with Crippen molar-refractivity contribution >= 4 is 70.0 Å². The zero-order valence-electron chi connectivity index (χ0n) is 26.3. The standard InChI is InChI=1S/C15H23N3O4S2.C14H19ClO4S2/c1-4-5-6-7-23(20)12-8-10(2)11(14(19)18-15(16)17)9-13(12)24(3,21)22;1-4-5-6-7-20(17)12-8-10(2)11(14(15)16)9-13(12)21(3,18)19/h8-9H,4-7H2,1-3H3,(H4,16,17,18,19);8-9H,4-7H2,1-3H3. The van der Waals surface area contributed by atoms with E-state index in [-0.39, 0.29) is 30.7 Å². The maximum absolute atomic E-state index is 12.5. The van der Waals surface area contributed by atoms with E-state index in [4.69, 9.17) is 23.1 Å². The summed E-state index contributed by atoms with van der Waals surface area (Å²) in [6.45, 7) is 7.33. The van der Waals surface area contributed by atoms with Gasteiger partial charge in [0.1, 0.15) is 0 Å². The van der Waals surface area contributed by atoms with Gasteiger partial charge in [-0.3, -0.25) is 18.0 Å². The highest BCUT2D eigenvalue weighted by Gasteiger charge is 2.23. The van der Waals surface area contributed by atoms with Crippen LogP contribution in [-0.2, 0) is 41.3 Å². The van der Waals surface area contributed by atoms with Gasteiger partial charge in [-0.05, 0) is 73.7 Å². The third kappa shape index (κ3) is 12.7. The fourth-order valence-electron chi connectivity index (χ4n) is 4.06. The van der Waals surface area contributed by atoms with Gasteiger partial charge in [0.05, 0.1) is 41.2 Å². The predicted octanol–water partition coefficient (Wildman–Crippen LogP) is 4.19. The number of amides is 1. The molecular weight excluding hydrogens is 682 g/mol. The number of benzene rings is 2. The van der Waals surface area contributed by atoms with Crippen molar-refractivity contribution < 1.29 is 34.8 Å². The Balaban J connectivity index is 0.000000454. The van der Waals surface area contributed by atoms with Crippen LogP contribution in [0, 0.1) is 13.8 Å². The Hall–Kier alpha value is -2.46. The number of halogens is 1. The molecule has 2 aromatic carbocycles. The summed E-state index contributed by atoms with van der Waals surface area (Å²) in [7, 11) is -10.1. The second kappa shape index (κ2) is 18.0. The number of nitrogens with two attached hydrogens (primary N) is 2. The van der Waals surface area contributed by atoms with E-state index in [1.807, 2.05) is 13.8 Å². The van der Waals surface area contributed by atoms with E-state index in [9.17, 15) is 34.8 Å². The maximum atomic E-state index is 12.5. The second-order valence-corrected chi connectivity index (χ2v) is 17.8. The van der Waals surface area contributed by atoms with E-state index in [1.165, 1.54) is 24.3 Å². The first-order chi connectivity index (χ1) is 20.8. The van der Waals surface area contributed by atoms with Crippen LogP contribution in [-0.4, -0.2) is 66.4 Å². The van der Waals surface area contributed by atoms with Gasteiger partial charge in [0.15, 0.2) is 25.6 Å². The third-order valence-electron chi connectivity index (χ3n) is 6.41. The largest absolute Gasteiger partial charge is 0.370 e. The quantitative estimate of drug-likeness (QED) is 0.123. The van der Waals surface area contributed by atoms with Gasteiger partial charge < -0.3 is 11.5 Å². The number of carbonyl (C=O) groups is 2. The highest BCUT2D eigenvalue weighted by atomic mass is 35.5. The fourth-order valence-corrected chi connectivity index (χ4v) is 9.80. The number of sulfone groups is 2. The molecule has 4 N–H and O–H groups in total. The molecule has 0 aromatic heterocycles. The first-order valence-corrected chi connectivity index (χ1v) is 20.9. The second-order valence-electron chi connectivity index (χ2n) is 10.4. The lowest BCUT2D eigenvalue weighted by atomic mass is 10.1. The molecule has 0 saturated carbocycles. The summed E-state index contributed by atoms with van der Waals surface area (Å²) in [4.78, 5) is 27.1. The summed E-state index contributed by atoms with van der Waals surface area (Å²) >= 11 is 5.46. The lowest BCUT2D eigenvalue weighted by molar-refractivity contribution is 0.100. The van der Waals surface area contributed by atoms with Crippen LogP contribution in [0.15, 0.2) is 48.8 Å². The number of unbranched alkanes of at least 4 members (excludes halogenated alkanes) is 4. The van der Waals surface area contributed by atoms with Crippen molar-refractivity contribution in [3.63, 3.8) is 0 Å². The summed E-state index contributed by atoms with van der Waals surface area (Å²) in [6, 6.07) is 5.39. The molecule has 0 saturated heterocycles. The normalized spacial score (nSPS) is 12.9. The van der Waals surface area contributed by atoms with Crippen LogP contribution in [0.25, 0.3) is 0 Å². The SMILES string of the molecule is CCCCCS(=O)c1cc(C)c(C(=O)Cl)cc1S(C)(=O)=O.CCCCCS(=O)c1cc(C)c(C(=O)N=C(N)N)cc1S(C)(=O)=O. The first kappa shape index (κ1) is 40.6. The smallest absolute Gasteiger partial charge is 0.280 e. The molecule has 0 heterocycles. The van der Waals surface area contributed by atoms with Crippen LogP contribution < -0.4 is 11.5 Å². The van der Waals surface area contributed by atoms with Crippen molar-refractivity contribution in [1.29, 1.82) is 0 Å². The Kier molecular flexibility index (Phi) is 16.2.